The number of nitrogens with two attached hydrogens (primary N) is 1. The van der Waals surface area contributed by atoms with E-state index in [2.05, 4.69) is 15.4 Å². The van der Waals surface area contributed by atoms with Gasteiger partial charge < -0.3 is 59.2 Å². The van der Waals surface area contributed by atoms with Crippen LogP contribution in [0.15, 0.2) is 36.4 Å². The van der Waals surface area contributed by atoms with E-state index < -0.39 is 40.4 Å². The summed E-state index contributed by atoms with van der Waals surface area (Å²) < 4.78 is 36.4. The first-order valence-electron chi connectivity index (χ1n) is 15.0. The monoisotopic (exact) mass is 961 g/mol. The predicted octanol–water partition coefficient (Wildman–Crippen LogP) is 2.14. The Balaban J connectivity index is 0.00000867. The van der Waals surface area contributed by atoms with Crippen molar-refractivity contribution in [2.45, 2.75) is 51.2 Å². The first kappa shape index (κ1) is 43.4. The Labute approximate surface area is 331 Å². The second-order valence-electron chi connectivity index (χ2n) is 10.3. The summed E-state index contributed by atoms with van der Waals surface area (Å²) in [4.78, 5) is 59.2. The van der Waals surface area contributed by atoms with Crippen molar-refractivity contribution >= 4 is 56.7 Å². The van der Waals surface area contributed by atoms with Gasteiger partial charge in [0.05, 0.1) is 73.0 Å². The van der Waals surface area contributed by atoms with Crippen molar-refractivity contribution in [3.63, 3.8) is 0 Å². The number of amides is 2. The summed E-state index contributed by atoms with van der Waals surface area (Å²) >= 11 is 1.46. The van der Waals surface area contributed by atoms with Gasteiger partial charge in [-0.2, -0.15) is 0 Å². The van der Waals surface area contributed by atoms with Crippen molar-refractivity contribution in [3.05, 3.63) is 58.7 Å². The number of hydrogen-bond acceptors (Lipinski definition) is 14. The van der Waals surface area contributed by atoms with Crippen molar-refractivity contribution < 1.29 is 106 Å². The van der Waals surface area contributed by atoms with E-state index >= 15 is 0 Å². The van der Waals surface area contributed by atoms with Gasteiger partial charge in [0.15, 0.2) is 6.10 Å². The second-order valence-corrected chi connectivity index (χ2v) is 11.2. The van der Waals surface area contributed by atoms with Gasteiger partial charge in [0.25, 0.3) is 5.91 Å². The maximum atomic E-state index is 13.2. The molecule has 1 fully saturated rings. The van der Waals surface area contributed by atoms with Gasteiger partial charge in [0, 0.05) is 70.1 Å². The zero-order chi connectivity index (χ0) is 35.6. The largest absolute Gasteiger partial charge is 0.650 e. The van der Waals surface area contributed by atoms with Crippen LogP contribution in [0.3, 0.4) is 0 Å². The van der Waals surface area contributed by atoms with E-state index in [1.165, 1.54) is 53.3 Å². The van der Waals surface area contributed by atoms with Gasteiger partial charge in [-0.1, -0.05) is 18.6 Å². The number of carboxylic acids is 1. The van der Waals surface area contributed by atoms with Gasteiger partial charge in [-0.25, -0.2) is 14.4 Å². The fourth-order valence-electron chi connectivity index (χ4n) is 4.44. The third kappa shape index (κ3) is 15.6. The molecule has 277 valence electrons. The van der Waals surface area contributed by atoms with Gasteiger partial charge >= 0.3 is 16.0 Å². The van der Waals surface area contributed by atoms with Crippen molar-refractivity contribution in [3.8, 4) is 5.75 Å². The Bertz CT molecular complexity index is 1430. The second kappa shape index (κ2) is 23.6. The van der Waals surface area contributed by atoms with Crippen LogP contribution in [0.2, 0.25) is 0 Å². The number of nitrogens with one attached hydrogen (secondary N) is 2. The maximum Gasteiger partial charge on any atom is 0.411 e. The van der Waals surface area contributed by atoms with E-state index in [1.54, 1.807) is 12.1 Å². The molecule has 0 aromatic heterocycles. The average molecular weight is 961 g/mol. The summed E-state index contributed by atoms with van der Waals surface area (Å²) in [7, 11) is 0. The average Bonchev–Trinajstić information content (AvgIpc) is 3.07. The molecule has 3 unspecified atom stereocenters. The molecule has 1 saturated heterocycles. The SMILES string of the molecule is NCCOCCOCCNC(=O)c1cc(COC(=O)Nc2ccc(CO[C-]=O)cc2COC(=O)I)ccc1OC1CC(O)CC(C(=O)O)O1.[Tb]. The molecule has 19 heteroatoms. The minimum atomic E-state index is -1.29. The maximum absolute atomic E-state index is 13.2. The number of anilines is 1. The number of hydrogen-bond donors (Lipinski definition) is 5. The number of carbonyl (C=O) groups is 4. The van der Waals surface area contributed by atoms with Crippen LogP contribution in [0.1, 0.15) is 39.9 Å². The third-order valence-corrected chi connectivity index (χ3v) is 6.98. The van der Waals surface area contributed by atoms with Crippen LogP contribution in [0, 0.1) is 38.6 Å². The Kier molecular flexibility index (Phi) is 20.5. The molecule has 0 bridgehead atoms. The molecular weight excluding hydrogens is 924 g/mol. The van der Waals surface area contributed by atoms with Gasteiger partial charge in [-0.05, 0) is 35.4 Å². The smallest absolute Gasteiger partial charge is 0.411 e. The first-order valence-corrected chi connectivity index (χ1v) is 16.0. The number of aliphatic hydroxyl groups excluding tert-OH is 1. The molecule has 6 N–H and O–H groups in total. The van der Waals surface area contributed by atoms with Gasteiger partial charge in [-0.15, -0.1) is 0 Å². The summed E-state index contributed by atoms with van der Waals surface area (Å²) in [6, 6.07) is 9.07. The molecule has 3 atom stereocenters. The number of aliphatic hydroxyl groups is 1. The molecule has 0 aliphatic carbocycles. The van der Waals surface area contributed by atoms with Gasteiger partial charge in [0.2, 0.25) is 6.29 Å². The van der Waals surface area contributed by atoms with Gasteiger partial charge in [-0.3, -0.25) is 10.1 Å². The minimum Gasteiger partial charge on any atom is -0.650 e. The molecular formula is C31H37IN3O14Tb-. The standard InChI is InChI=1S/C31H37IN3O14.Tb/c32-30(41)46-17-21-11-19(15-45-18-36)1-3-24(21)35-31(42)47-16-20-2-4-25(48-27-14-22(37)13-26(49-27)29(39)40)23(12-20)28(38)34-6-8-44-10-9-43-7-5-33;/h1-4,11-12,22,26-27,37H,5-10,13-17,33H2,(H,34,38)(H,35,42)(H,39,40);/q-1;. The summed E-state index contributed by atoms with van der Waals surface area (Å²) in [6.07, 6.45) is -4.45. The number of halogens is 1. The molecule has 2 aromatic rings. The Morgan fingerprint density at radius 2 is 1.68 bits per heavy atom. The molecule has 3 rings (SSSR count). The molecule has 1 aliphatic heterocycles. The number of rotatable bonds is 20. The van der Waals surface area contributed by atoms with Crippen molar-refractivity contribution in [2.24, 2.45) is 5.73 Å². The van der Waals surface area contributed by atoms with Crippen LogP contribution in [0.4, 0.5) is 15.3 Å². The molecule has 2 amide bonds. The molecule has 1 heterocycles. The minimum absolute atomic E-state index is 0. The van der Waals surface area contributed by atoms with Crippen LogP contribution < -0.4 is 21.1 Å². The molecule has 1 aliphatic rings. The van der Waals surface area contributed by atoms with Crippen LogP contribution in [0.5, 0.6) is 5.75 Å². The zero-order valence-electron chi connectivity index (χ0n) is 26.6. The quantitative estimate of drug-likeness (QED) is 0.0420. The molecule has 2 aromatic carbocycles. The fourth-order valence-corrected chi connectivity index (χ4v) is 4.60. The van der Waals surface area contributed by atoms with Crippen molar-refractivity contribution in [1.29, 1.82) is 0 Å². The molecule has 0 saturated carbocycles. The topological polar surface area (TPSA) is 240 Å². The number of carbonyl (C=O) groups excluding carboxylic acids is 4. The number of aliphatic carboxylic acids is 1. The predicted molar refractivity (Wildman–Crippen MR) is 177 cm³/mol. The first-order chi connectivity index (χ1) is 23.6. The molecule has 50 heavy (non-hydrogen) atoms. The Morgan fingerprint density at radius 3 is 2.38 bits per heavy atom. The molecule has 1 radical (unpaired) electrons. The Morgan fingerprint density at radius 1 is 0.960 bits per heavy atom. The fraction of sp³-hybridized carbons (Fsp3) is 0.452. The van der Waals surface area contributed by atoms with Gasteiger partial charge in [0.1, 0.15) is 19.0 Å². The van der Waals surface area contributed by atoms with E-state index in [4.69, 9.17) is 34.2 Å². The molecule has 0 spiro atoms. The molecule has 17 nitrogen and oxygen atoms in total. The van der Waals surface area contributed by atoms with Crippen molar-refractivity contribution in [2.75, 3.05) is 44.8 Å². The summed E-state index contributed by atoms with van der Waals surface area (Å²) in [5, 5.41) is 24.8. The van der Waals surface area contributed by atoms with Crippen LogP contribution in [-0.4, -0.2) is 96.6 Å². The Hall–Kier alpha value is -2.79. The van der Waals surface area contributed by atoms with Crippen LogP contribution in [-0.2, 0) is 57.8 Å². The zero-order valence-corrected chi connectivity index (χ0v) is 30.9. The normalized spacial score (nSPS) is 16.7. The van der Waals surface area contributed by atoms with Crippen molar-refractivity contribution in [1.82, 2.24) is 5.32 Å². The summed E-state index contributed by atoms with van der Waals surface area (Å²) in [5.41, 5.74) is 7.02. The summed E-state index contributed by atoms with van der Waals surface area (Å²) in [5.74, 6) is -1.79. The van der Waals surface area contributed by atoms with E-state index in [9.17, 15) is 34.2 Å². The summed E-state index contributed by atoms with van der Waals surface area (Å²) in [6.45, 7) is 2.52. The van der Waals surface area contributed by atoms with Crippen LogP contribution >= 0.6 is 22.6 Å². The number of benzene rings is 2. The number of carboxylic acid groups (broad SMARTS) is 1. The van der Waals surface area contributed by atoms with E-state index in [0.29, 0.717) is 43.1 Å². The van der Waals surface area contributed by atoms with E-state index in [-0.39, 0.29) is 101 Å². The number of ether oxygens (including phenoxy) is 7. The van der Waals surface area contributed by atoms with E-state index in [1.807, 2.05) is 0 Å². The van der Waals surface area contributed by atoms with E-state index in [0.717, 1.165) is 0 Å². The third-order valence-electron chi connectivity index (χ3n) is 6.67. The van der Waals surface area contributed by atoms with Crippen LogP contribution in [0.25, 0.3) is 0 Å².